The minimum Gasteiger partial charge on any atom is -0.452 e. The predicted molar refractivity (Wildman–Crippen MR) is 107 cm³/mol. The van der Waals surface area contributed by atoms with Crippen molar-refractivity contribution in [3.63, 3.8) is 0 Å². The smallest absolute Gasteiger partial charge is 0.340 e. The first-order valence-electron chi connectivity index (χ1n) is 9.85. The molecule has 1 aromatic heterocycles. The number of aromatic nitrogens is 1. The van der Waals surface area contributed by atoms with E-state index in [1.807, 2.05) is 31.2 Å². The highest BCUT2D eigenvalue weighted by Crippen LogP contribution is 2.25. The van der Waals surface area contributed by atoms with Crippen LogP contribution < -0.4 is 5.32 Å². The van der Waals surface area contributed by atoms with Crippen molar-refractivity contribution >= 4 is 22.8 Å². The van der Waals surface area contributed by atoms with E-state index < -0.39 is 5.97 Å². The van der Waals surface area contributed by atoms with Gasteiger partial charge in [-0.1, -0.05) is 38.0 Å². The molecule has 1 fully saturated rings. The molecule has 0 radical (unpaired) electrons. The van der Waals surface area contributed by atoms with Gasteiger partial charge in [-0.05, 0) is 37.3 Å². The quantitative estimate of drug-likeness (QED) is 0.771. The summed E-state index contributed by atoms with van der Waals surface area (Å²) in [4.78, 5) is 29.6. The Morgan fingerprint density at radius 1 is 1.21 bits per heavy atom. The second kappa shape index (κ2) is 9.15. The molecule has 1 aromatic carbocycles. The minimum absolute atomic E-state index is 0.160. The van der Waals surface area contributed by atoms with E-state index in [1.54, 1.807) is 7.11 Å². The molecule has 0 bridgehead atoms. The number of hydrogen-bond acceptors (Lipinski definition) is 5. The number of carbonyl (C=O) groups is 2. The van der Waals surface area contributed by atoms with E-state index in [2.05, 4.69) is 17.2 Å². The molecule has 2 aromatic rings. The fraction of sp³-hybridized carbons (Fsp3) is 0.500. The number of carbonyl (C=O) groups excluding carboxylic acids is 2. The van der Waals surface area contributed by atoms with Crippen molar-refractivity contribution in [3.8, 4) is 0 Å². The van der Waals surface area contributed by atoms with Gasteiger partial charge in [-0.3, -0.25) is 4.79 Å². The molecule has 1 aliphatic rings. The summed E-state index contributed by atoms with van der Waals surface area (Å²) in [7, 11) is 1.56. The topological polar surface area (TPSA) is 77.5 Å². The van der Waals surface area contributed by atoms with E-state index >= 15 is 0 Å². The maximum atomic E-state index is 12.8. The number of benzene rings is 1. The molecular weight excluding hydrogens is 356 g/mol. The first-order chi connectivity index (χ1) is 13.5. The molecule has 6 heteroatoms. The lowest BCUT2D eigenvalue weighted by atomic mass is 9.86. The van der Waals surface area contributed by atoms with Crippen LogP contribution >= 0.6 is 0 Å². The van der Waals surface area contributed by atoms with Crippen molar-refractivity contribution in [2.75, 3.05) is 13.7 Å². The van der Waals surface area contributed by atoms with Crippen molar-refractivity contribution in [2.24, 2.45) is 5.92 Å². The van der Waals surface area contributed by atoms with Gasteiger partial charge < -0.3 is 14.8 Å². The molecule has 2 atom stereocenters. The summed E-state index contributed by atoms with van der Waals surface area (Å²) in [6, 6.07) is 7.78. The number of fused-ring (bicyclic) bond motifs is 1. The summed E-state index contributed by atoms with van der Waals surface area (Å²) in [5, 5.41) is 3.89. The first kappa shape index (κ1) is 20.3. The lowest BCUT2D eigenvalue weighted by molar-refractivity contribution is -0.125. The number of methoxy groups -OCH3 is 1. The maximum absolute atomic E-state index is 12.8. The third-order valence-corrected chi connectivity index (χ3v) is 5.50. The molecule has 0 aliphatic heterocycles. The van der Waals surface area contributed by atoms with Crippen LogP contribution in [0.2, 0.25) is 0 Å². The number of aryl methyl sites for hydroxylation is 1. The van der Waals surface area contributed by atoms with Gasteiger partial charge in [0.15, 0.2) is 6.61 Å². The summed E-state index contributed by atoms with van der Waals surface area (Å²) in [6.07, 6.45) is 4.43. The van der Waals surface area contributed by atoms with Gasteiger partial charge in [0.05, 0.1) is 23.4 Å². The van der Waals surface area contributed by atoms with Crippen LogP contribution in [0.15, 0.2) is 24.3 Å². The van der Waals surface area contributed by atoms with Gasteiger partial charge >= 0.3 is 5.97 Å². The highest BCUT2D eigenvalue weighted by Gasteiger charge is 2.24. The lowest BCUT2D eigenvalue weighted by Crippen LogP contribution is -2.43. The number of nitrogens with zero attached hydrogens (tertiary/aromatic N) is 1. The molecule has 0 saturated heterocycles. The van der Waals surface area contributed by atoms with E-state index in [-0.39, 0.29) is 25.2 Å². The van der Waals surface area contributed by atoms with Gasteiger partial charge in [0.2, 0.25) is 0 Å². The van der Waals surface area contributed by atoms with E-state index in [9.17, 15) is 9.59 Å². The van der Waals surface area contributed by atoms with Crippen LogP contribution in [0.25, 0.3) is 10.9 Å². The number of para-hydroxylation sites is 1. The molecule has 28 heavy (non-hydrogen) atoms. The Balaban J connectivity index is 1.72. The molecule has 1 N–H and O–H groups in total. The number of pyridine rings is 1. The van der Waals surface area contributed by atoms with Crippen molar-refractivity contribution in [3.05, 3.63) is 41.1 Å². The molecule has 1 heterocycles. The van der Waals surface area contributed by atoms with Crippen LogP contribution in [0.3, 0.4) is 0 Å². The second-order valence-corrected chi connectivity index (χ2v) is 7.52. The third-order valence-electron chi connectivity index (χ3n) is 5.50. The van der Waals surface area contributed by atoms with Gasteiger partial charge in [-0.2, -0.15) is 0 Å². The molecule has 1 saturated carbocycles. The Bertz CT molecular complexity index is 865. The van der Waals surface area contributed by atoms with Gasteiger partial charge in [0, 0.05) is 18.5 Å². The number of ether oxygens (including phenoxy) is 2. The van der Waals surface area contributed by atoms with E-state index in [4.69, 9.17) is 9.47 Å². The monoisotopic (exact) mass is 384 g/mol. The number of nitrogens with one attached hydrogen (secondary N) is 1. The summed E-state index contributed by atoms with van der Waals surface area (Å²) >= 11 is 0. The number of rotatable bonds is 6. The molecule has 3 rings (SSSR count). The van der Waals surface area contributed by atoms with E-state index in [1.165, 1.54) is 6.42 Å². The summed E-state index contributed by atoms with van der Waals surface area (Å²) in [6.45, 7) is 3.92. The molecule has 1 aliphatic carbocycles. The molecule has 2 unspecified atom stereocenters. The predicted octanol–water partition coefficient (Wildman–Crippen LogP) is 3.54. The fourth-order valence-corrected chi connectivity index (χ4v) is 3.94. The molecular formula is C22H28N2O4. The summed E-state index contributed by atoms with van der Waals surface area (Å²) in [5.41, 5.74) is 2.47. The van der Waals surface area contributed by atoms with Crippen molar-refractivity contribution in [1.82, 2.24) is 10.3 Å². The van der Waals surface area contributed by atoms with Gasteiger partial charge in [0.25, 0.3) is 5.91 Å². The minimum atomic E-state index is -0.547. The Labute approximate surface area is 165 Å². The van der Waals surface area contributed by atoms with Gasteiger partial charge in [-0.25, -0.2) is 9.78 Å². The van der Waals surface area contributed by atoms with Crippen LogP contribution in [0.4, 0.5) is 0 Å². The fourth-order valence-electron chi connectivity index (χ4n) is 3.94. The Morgan fingerprint density at radius 3 is 2.71 bits per heavy atom. The van der Waals surface area contributed by atoms with Crippen LogP contribution in [0, 0.1) is 12.8 Å². The van der Waals surface area contributed by atoms with E-state index in [0.717, 1.165) is 35.7 Å². The molecule has 1 amide bonds. The maximum Gasteiger partial charge on any atom is 0.340 e. The zero-order chi connectivity index (χ0) is 20.1. The zero-order valence-electron chi connectivity index (χ0n) is 16.8. The Hall–Kier alpha value is -2.47. The average Bonchev–Trinajstić information content (AvgIpc) is 2.68. The van der Waals surface area contributed by atoms with Crippen LogP contribution in [-0.4, -0.2) is 36.6 Å². The van der Waals surface area contributed by atoms with Crippen molar-refractivity contribution in [1.29, 1.82) is 0 Å². The van der Waals surface area contributed by atoms with Crippen LogP contribution in [0.1, 0.15) is 54.2 Å². The standard InChI is InChI=1S/C22H28N2O4/c1-14-8-4-6-10-17(14)24-20(25)13-28-22(26)21-15(2)16-9-5-7-11-18(16)23-19(21)12-27-3/h5,7,9,11,14,17H,4,6,8,10,12-13H2,1-3H3,(H,24,25). The molecule has 0 spiro atoms. The zero-order valence-corrected chi connectivity index (χ0v) is 16.8. The highest BCUT2D eigenvalue weighted by atomic mass is 16.5. The third kappa shape index (κ3) is 4.50. The second-order valence-electron chi connectivity index (χ2n) is 7.52. The van der Waals surface area contributed by atoms with Crippen molar-refractivity contribution in [2.45, 2.75) is 52.2 Å². The number of hydrogen-bond donors (Lipinski definition) is 1. The molecule has 150 valence electrons. The summed E-state index contributed by atoms with van der Waals surface area (Å²) in [5.74, 6) is -0.352. The van der Waals surface area contributed by atoms with Crippen LogP contribution in [0.5, 0.6) is 0 Å². The van der Waals surface area contributed by atoms with Gasteiger partial charge in [0.1, 0.15) is 0 Å². The average molecular weight is 384 g/mol. The lowest BCUT2D eigenvalue weighted by Gasteiger charge is -2.29. The number of esters is 1. The Morgan fingerprint density at radius 2 is 1.96 bits per heavy atom. The number of amides is 1. The largest absolute Gasteiger partial charge is 0.452 e. The van der Waals surface area contributed by atoms with Crippen molar-refractivity contribution < 1.29 is 19.1 Å². The summed E-state index contributed by atoms with van der Waals surface area (Å²) < 4.78 is 10.5. The van der Waals surface area contributed by atoms with Crippen LogP contribution in [-0.2, 0) is 20.9 Å². The SMILES string of the molecule is COCc1nc2ccccc2c(C)c1C(=O)OCC(=O)NC1CCCCC1C. The highest BCUT2D eigenvalue weighted by molar-refractivity contribution is 5.99. The Kier molecular flexibility index (Phi) is 6.62. The van der Waals surface area contributed by atoms with E-state index in [0.29, 0.717) is 17.2 Å². The molecule has 6 nitrogen and oxygen atoms in total. The normalized spacial score (nSPS) is 19.4. The van der Waals surface area contributed by atoms with Gasteiger partial charge in [-0.15, -0.1) is 0 Å². The first-order valence-corrected chi connectivity index (χ1v) is 9.85.